The molecule has 0 amide bonds. The minimum Gasteiger partial charge on any atom is -0.478 e. The molecule has 2 aromatic heterocycles. The largest absolute Gasteiger partial charge is 0.478 e. The molecule has 1 N–H and O–H groups in total. The molecule has 3 aromatic rings. The molecule has 6 nitrogen and oxygen atoms in total. The van der Waals surface area contributed by atoms with Gasteiger partial charge in [-0.25, -0.2) is 0 Å². The molecule has 0 radical (unpaired) electrons. The van der Waals surface area contributed by atoms with E-state index >= 15 is 0 Å². The maximum Gasteiger partial charge on any atom is 0.249 e. The number of nitrogens with one attached hydrogen (secondary N) is 1. The van der Waals surface area contributed by atoms with E-state index in [9.17, 15) is 4.79 Å². The molecule has 3 heterocycles. The molecule has 1 aliphatic rings. The Bertz CT molecular complexity index is 1090. The van der Waals surface area contributed by atoms with Crippen molar-refractivity contribution in [3.05, 3.63) is 62.9 Å². The highest BCUT2D eigenvalue weighted by atomic mass is 35.5. The number of hydrogen-bond donors (Lipinski definition) is 1. The smallest absolute Gasteiger partial charge is 0.249 e. The van der Waals surface area contributed by atoms with Crippen LogP contribution in [-0.4, -0.2) is 54.2 Å². The van der Waals surface area contributed by atoms with Crippen molar-refractivity contribution < 1.29 is 4.74 Å². The number of unbranched alkanes of at least 4 members (excludes halogenated alkanes) is 1. The van der Waals surface area contributed by atoms with Crippen molar-refractivity contribution in [2.24, 2.45) is 0 Å². The second-order valence-corrected chi connectivity index (χ2v) is 8.51. The summed E-state index contributed by atoms with van der Waals surface area (Å²) >= 11 is 12.6. The van der Waals surface area contributed by atoms with Crippen LogP contribution in [-0.2, 0) is 0 Å². The number of H-pyrrole nitrogens is 1. The van der Waals surface area contributed by atoms with Crippen LogP contribution >= 0.6 is 23.2 Å². The SMILES string of the molecule is O=c1ccc2ccc(OCCCCN3CCCN(c4cccc(Cl)c4Cl)CC3)nc2[nH]1. The van der Waals surface area contributed by atoms with E-state index in [1.54, 1.807) is 6.07 Å². The third kappa shape index (κ3) is 5.70. The lowest BCUT2D eigenvalue weighted by molar-refractivity contribution is 0.257. The Hall–Kier alpha value is -2.28. The highest BCUT2D eigenvalue weighted by Crippen LogP contribution is 2.32. The van der Waals surface area contributed by atoms with E-state index in [4.69, 9.17) is 27.9 Å². The van der Waals surface area contributed by atoms with E-state index in [0.717, 1.165) is 63.1 Å². The first kappa shape index (κ1) is 21.9. The summed E-state index contributed by atoms with van der Waals surface area (Å²) in [6.07, 6.45) is 3.10. The number of halogens is 2. The standard InChI is InChI=1S/C23H26Cl2N4O2/c24-18-5-3-6-19(22(18)25)29-13-4-12-28(14-15-29)11-1-2-16-31-21-10-8-17-7-9-20(30)26-23(17)27-21/h3,5-10H,1-2,4,11-16H2,(H,26,27,30). The number of rotatable bonds is 7. The summed E-state index contributed by atoms with van der Waals surface area (Å²) in [5.74, 6) is 0.540. The Morgan fingerprint density at radius 2 is 1.87 bits per heavy atom. The van der Waals surface area contributed by atoms with Crippen molar-refractivity contribution in [1.82, 2.24) is 14.9 Å². The Labute approximate surface area is 191 Å². The summed E-state index contributed by atoms with van der Waals surface area (Å²) in [5.41, 5.74) is 1.42. The first-order valence-corrected chi connectivity index (χ1v) is 11.4. The summed E-state index contributed by atoms with van der Waals surface area (Å²) in [5, 5.41) is 2.13. The number of fused-ring (bicyclic) bond motifs is 1. The zero-order valence-corrected chi connectivity index (χ0v) is 18.8. The minimum atomic E-state index is -0.161. The maximum absolute atomic E-state index is 11.4. The normalized spacial score (nSPS) is 15.2. The molecule has 1 fully saturated rings. The van der Waals surface area contributed by atoms with Crippen molar-refractivity contribution in [1.29, 1.82) is 0 Å². The van der Waals surface area contributed by atoms with Crippen LogP contribution in [0.15, 0.2) is 47.3 Å². The molecule has 164 valence electrons. The van der Waals surface area contributed by atoms with Crippen molar-refractivity contribution in [2.75, 3.05) is 44.2 Å². The molecule has 0 unspecified atom stereocenters. The van der Waals surface area contributed by atoms with E-state index in [2.05, 4.69) is 19.8 Å². The van der Waals surface area contributed by atoms with Crippen LogP contribution in [0.1, 0.15) is 19.3 Å². The molecular formula is C23H26Cl2N4O2. The monoisotopic (exact) mass is 460 g/mol. The van der Waals surface area contributed by atoms with E-state index < -0.39 is 0 Å². The molecule has 4 rings (SSSR count). The highest BCUT2D eigenvalue weighted by Gasteiger charge is 2.17. The third-order valence-electron chi connectivity index (χ3n) is 5.54. The quantitative estimate of drug-likeness (QED) is 0.521. The summed E-state index contributed by atoms with van der Waals surface area (Å²) in [6, 6.07) is 12.8. The molecule has 1 aromatic carbocycles. The van der Waals surface area contributed by atoms with Crippen LogP contribution in [0, 0.1) is 0 Å². The number of nitrogens with zero attached hydrogens (tertiary/aromatic N) is 3. The number of anilines is 1. The van der Waals surface area contributed by atoms with Crippen molar-refractivity contribution in [2.45, 2.75) is 19.3 Å². The third-order valence-corrected chi connectivity index (χ3v) is 6.34. The second kappa shape index (κ2) is 10.4. The topological polar surface area (TPSA) is 61.5 Å². The fraction of sp³-hybridized carbons (Fsp3) is 0.391. The molecular weight excluding hydrogens is 435 g/mol. The molecule has 1 aliphatic heterocycles. The number of aromatic amines is 1. The van der Waals surface area contributed by atoms with Crippen LogP contribution in [0.5, 0.6) is 5.88 Å². The van der Waals surface area contributed by atoms with Gasteiger partial charge in [-0.2, -0.15) is 4.98 Å². The predicted molar refractivity (Wildman–Crippen MR) is 127 cm³/mol. The van der Waals surface area contributed by atoms with Crippen LogP contribution in [0.3, 0.4) is 0 Å². The van der Waals surface area contributed by atoms with Crippen molar-refractivity contribution in [3.8, 4) is 5.88 Å². The number of pyridine rings is 2. The summed E-state index contributed by atoms with van der Waals surface area (Å²) in [4.78, 5) is 23.4. The van der Waals surface area contributed by atoms with Gasteiger partial charge in [-0.3, -0.25) is 4.79 Å². The van der Waals surface area contributed by atoms with Gasteiger partial charge in [-0.05, 0) is 56.6 Å². The van der Waals surface area contributed by atoms with Gasteiger partial charge in [0.1, 0.15) is 5.65 Å². The molecule has 0 aliphatic carbocycles. The lowest BCUT2D eigenvalue weighted by atomic mass is 10.2. The second-order valence-electron chi connectivity index (χ2n) is 7.72. The molecule has 0 atom stereocenters. The maximum atomic E-state index is 11.4. The van der Waals surface area contributed by atoms with Crippen LogP contribution in [0.4, 0.5) is 5.69 Å². The van der Waals surface area contributed by atoms with Crippen molar-refractivity contribution in [3.63, 3.8) is 0 Å². The molecule has 0 bridgehead atoms. The van der Waals surface area contributed by atoms with Gasteiger partial charge in [0.2, 0.25) is 11.4 Å². The first-order valence-electron chi connectivity index (χ1n) is 10.6. The van der Waals surface area contributed by atoms with Gasteiger partial charge in [0.25, 0.3) is 0 Å². The van der Waals surface area contributed by atoms with Gasteiger partial charge in [-0.15, -0.1) is 0 Å². The predicted octanol–water partition coefficient (Wildman–Crippen LogP) is 4.60. The number of aromatic nitrogens is 2. The number of ether oxygens (including phenoxy) is 1. The molecule has 0 saturated carbocycles. The van der Waals surface area contributed by atoms with Crippen LogP contribution in [0.25, 0.3) is 11.0 Å². The molecule has 31 heavy (non-hydrogen) atoms. The zero-order chi connectivity index (χ0) is 21.6. The fourth-order valence-electron chi connectivity index (χ4n) is 3.88. The van der Waals surface area contributed by atoms with Gasteiger partial charge in [0.15, 0.2) is 0 Å². The first-order chi connectivity index (χ1) is 15.1. The van der Waals surface area contributed by atoms with Gasteiger partial charge < -0.3 is 19.5 Å². The summed E-state index contributed by atoms with van der Waals surface area (Å²) in [7, 11) is 0. The summed E-state index contributed by atoms with van der Waals surface area (Å²) in [6.45, 7) is 5.65. The highest BCUT2D eigenvalue weighted by molar-refractivity contribution is 6.43. The van der Waals surface area contributed by atoms with E-state index in [1.165, 1.54) is 6.07 Å². The Morgan fingerprint density at radius 1 is 1.00 bits per heavy atom. The van der Waals surface area contributed by atoms with Crippen LogP contribution in [0.2, 0.25) is 10.0 Å². The Morgan fingerprint density at radius 3 is 2.77 bits per heavy atom. The average molecular weight is 461 g/mol. The van der Waals surface area contributed by atoms with Gasteiger partial charge >= 0.3 is 0 Å². The molecule has 8 heteroatoms. The van der Waals surface area contributed by atoms with E-state index in [-0.39, 0.29) is 5.56 Å². The Balaban J connectivity index is 1.21. The fourth-order valence-corrected chi connectivity index (χ4v) is 4.29. The average Bonchev–Trinajstić information content (AvgIpc) is 3.01. The Kier molecular flexibility index (Phi) is 7.33. The number of hydrogen-bond acceptors (Lipinski definition) is 5. The van der Waals surface area contributed by atoms with E-state index in [1.807, 2.05) is 30.3 Å². The molecule has 1 saturated heterocycles. The van der Waals surface area contributed by atoms with Crippen molar-refractivity contribution >= 4 is 39.9 Å². The van der Waals surface area contributed by atoms with E-state index in [0.29, 0.717) is 28.2 Å². The van der Waals surface area contributed by atoms with Crippen LogP contribution < -0.4 is 15.2 Å². The lowest BCUT2D eigenvalue weighted by Crippen LogP contribution is -2.31. The lowest BCUT2D eigenvalue weighted by Gasteiger charge is -2.25. The zero-order valence-electron chi connectivity index (χ0n) is 17.3. The summed E-state index contributed by atoms with van der Waals surface area (Å²) < 4.78 is 5.78. The minimum absolute atomic E-state index is 0.161. The molecule has 0 spiro atoms. The number of benzene rings is 1. The van der Waals surface area contributed by atoms with Gasteiger partial charge in [0.05, 0.1) is 22.3 Å². The van der Waals surface area contributed by atoms with Gasteiger partial charge in [-0.1, -0.05) is 29.3 Å². The van der Waals surface area contributed by atoms with Gasteiger partial charge in [0, 0.05) is 37.2 Å².